The summed E-state index contributed by atoms with van der Waals surface area (Å²) >= 11 is 0. The number of carbonyl (C=O) groups excluding carboxylic acids is 1. The van der Waals surface area contributed by atoms with Gasteiger partial charge in [-0.05, 0) is 43.8 Å². The Morgan fingerprint density at radius 2 is 2.21 bits per heavy atom. The van der Waals surface area contributed by atoms with Crippen LogP contribution in [0.15, 0.2) is 22.9 Å². The van der Waals surface area contributed by atoms with Crippen molar-refractivity contribution in [1.29, 1.82) is 5.26 Å². The minimum atomic E-state index is -0.570. The van der Waals surface area contributed by atoms with E-state index in [9.17, 15) is 10.1 Å². The van der Waals surface area contributed by atoms with E-state index in [0.29, 0.717) is 13.0 Å². The molecule has 0 spiro atoms. The Labute approximate surface area is 144 Å². The Morgan fingerprint density at radius 1 is 1.42 bits per heavy atom. The van der Waals surface area contributed by atoms with Crippen LogP contribution in [0.25, 0.3) is 0 Å². The summed E-state index contributed by atoms with van der Waals surface area (Å²) in [6.07, 6.45) is 5.97. The lowest BCUT2D eigenvalue weighted by Crippen LogP contribution is -2.22. The Kier molecular flexibility index (Phi) is 9.81. The van der Waals surface area contributed by atoms with E-state index in [1.807, 2.05) is 19.1 Å². The van der Waals surface area contributed by atoms with Gasteiger partial charge in [0.15, 0.2) is 0 Å². The molecular formula is C18H28N2O4. The number of ether oxygens (including phenoxy) is 3. The van der Waals surface area contributed by atoms with Crippen LogP contribution in [0, 0.1) is 11.3 Å². The van der Waals surface area contributed by atoms with Gasteiger partial charge in [-0.25, -0.2) is 4.79 Å². The lowest BCUT2D eigenvalue weighted by molar-refractivity contribution is -0.142. The molecule has 0 aliphatic heterocycles. The molecule has 1 atom stereocenters. The maximum absolute atomic E-state index is 12.2. The van der Waals surface area contributed by atoms with Crippen molar-refractivity contribution in [1.82, 2.24) is 5.32 Å². The van der Waals surface area contributed by atoms with Gasteiger partial charge in [0, 0.05) is 33.1 Å². The van der Waals surface area contributed by atoms with Crippen molar-refractivity contribution >= 4 is 5.97 Å². The number of hydrogen-bond donors (Lipinski definition) is 1. The van der Waals surface area contributed by atoms with Gasteiger partial charge in [0.05, 0.1) is 6.10 Å². The van der Waals surface area contributed by atoms with Gasteiger partial charge in [-0.3, -0.25) is 0 Å². The highest BCUT2D eigenvalue weighted by Crippen LogP contribution is 2.24. The number of hydrogen-bond acceptors (Lipinski definition) is 6. The first-order valence-corrected chi connectivity index (χ1v) is 8.42. The monoisotopic (exact) mass is 336 g/mol. The van der Waals surface area contributed by atoms with Gasteiger partial charge in [-0.2, -0.15) is 5.26 Å². The predicted octanol–water partition coefficient (Wildman–Crippen LogP) is 2.47. The second kappa shape index (κ2) is 11.7. The first kappa shape index (κ1) is 20.2. The topological polar surface area (TPSA) is 80.6 Å². The molecule has 0 aromatic carbocycles. The fourth-order valence-corrected chi connectivity index (χ4v) is 2.47. The van der Waals surface area contributed by atoms with Gasteiger partial charge in [0.25, 0.3) is 0 Å². The lowest BCUT2D eigenvalue weighted by Gasteiger charge is -2.18. The average Bonchev–Trinajstić information content (AvgIpc) is 2.61. The predicted molar refractivity (Wildman–Crippen MR) is 91.1 cm³/mol. The number of rotatable bonds is 10. The van der Waals surface area contributed by atoms with Crippen LogP contribution < -0.4 is 5.32 Å². The van der Waals surface area contributed by atoms with E-state index < -0.39 is 5.97 Å². The summed E-state index contributed by atoms with van der Waals surface area (Å²) in [7, 11) is 3.26. The van der Waals surface area contributed by atoms with Crippen LogP contribution in [-0.4, -0.2) is 46.1 Å². The van der Waals surface area contributed by atoms with Gasteiger partial charge in [-0.1, -0.05) is 6.92 Å². The van der Waals surface area contributed by atoms with Gasteiger partial charge in [-0.15, -0.1) is 0 Å². The van der Waals surface area contributed by atoms with E-state index in [-0.39, 0.29) is 18.3 Å². The fraction of sp³-hybridized carbons (Fsp3) is 0.667. The van der Waals surface area contributed by atoms with Gasteiger partial charge in [0.1, 0.15) is 18.2 Å². The van der Waals surface area contributed by atoms with E-state index in [4.69, 9.17) is 14.2 Å². The highest BCUT2D eigenvalue weighted by atomic mass is 16.6. The summed E-state index contributed by atoms with van der Waals surface area (Å²) in [5.41, 5.74) is 1.89. The molecule has 6 heteroatoms. The Balaban J connectivity index is 2.71. The number of esters is 1. The second-order valence-electron chi connectivity index (χ2n) is 5.67. The highest BCUT2D eigenvalue weighted by Gasteiger charge is 2.20. The van der Waals surface area contributed by atoms with Crippen molar-refractivity contribution in [2.24, 2.45) is 0 Å². The Hall–Kier alpha value is -1.84. The standard InChI is InChI=1S/C18H28N2O4/c1-4-16(23-3)13-24-18(21)17(12-19)14-7-5-8-15(11-14)20-9-6-10-22-2/h11,16,20H,4-10,13H2,1-3H3/b17-14-. The number of methoxy groups -OCH3 is 2. The van der Waals surface area contributed by atoms with Crippen LogP contribution in [0.5, 0.6) is 0 Å². The van der Waals surface area contributed by atoms with Crippen molar-refractivity contribution in [3.05, 3.63) is 22.9 Å². The van der Waals surface area contributed by atoms with E-state index >= 15 is 0 Å². The van der Waals surface area contributed by atoms with Crippen molar-refractivity contribution in [2.45, 2.75) is 45.1 Å². The Morgan fingerprint density at radius 3 is 2.83 bits per heavy atom. The molecule has 0 fully saturated rings. The molecule has 0 radical (unpaired) electrons. The normalized spacial score (nSPS) is 17.5. The largest absolute Gasteiger partial charge is 0.459 e. The number of nitrogens with one attached hydrogen (secondary N) is 1. The van der Waals surface area contributed by atoms with Crippen LogP contribution in [0.2, 0.25) is 0 Å². The molecule has 0 aromatic heterocycles. The van der Waals surface area contributed by atoms with Crippen LogP contribution in [-0.2, 0) is 19.0 Å². The molecule has 134 valence electrons. The molecule has 0 bridgehead atoms. The lowest BCUT2D eigenvalue weighted by atomic mass is 9.95. The van der Waals surface area contributed by atoms with Crippen LogP contribution in [0.1, 0.15) is 39.0 Å². The molecule has 1 unspecified atom stereocenters. The van der Waals surface area contributed by atoms with E-state index in [1.165, 1.54) is 0 Å². The number of allylic oxidation sites excluding steroid dienone is 3. The first-order valence-electron chi connectivity index (χ1n) is 8.42. The molecule has 1 aliphatic rings. The molecule has 0 saturated carbocycles. The zero-order valence-electron chi connectivity index (χ0n) is 14.9. The van der Waals surface area contributed by atoms with Crippen molar-refractivity contribution in [3.8, 4) is 6.07 Å². The van der Waals surface area contributed by atoms with Crippen LogP contribution in [0.4, 0.5) is 0 Å². The number of nitrogens with zero attached hydrogens (tertiary/aromatic N) is 1. The first-order chi connectivity index (χ1) is 11.7. The third-order valence-corrected chi connectivity index (χ3v) is 3.94. The SMILES string of the molecule is CCC(COC(=O)/C(C#N)=C1\C=C(NCCCOC)CCC1)OC. The molecule has 6 nitrogen and oxygen atoms in total. The molecule has 0 heterocycles. The summed E-state index contributed by atoms with van der Waals surface area (Å²) in [4.78, 5) is 12.2. The van der Waals surface area contributed by atoms with Gasteiger partial charge >= 0.3 is 5.97 Å². The second-order valence-corrected chi connectivity index (χ2v) is 5.67. The molecule has 1 N–H and O–H groups in total. The van der Waals surface area contributed by atoms with Gasteiger partial charge < -0.3 is 19.5 Å². The third kappa shape index (κ3) is 6.73. The zero-order chi connectivity index (χ0) is 17.8. The van der Waals surface area contributed by atoms with Crippen LogP contribution >= 0.6 is 0 Å². The summed E-state index contributed by atoms with van der Waals surface area (Å²) in [5, 5.41) is 12.7. The minimum absolute atomic E-state index is 0.0943. The van der Waals surface area contributed by atoms with E-state index in [1.54, 1.807) is 14.2 Å². The van der Waals surface area contributed by atoms with Crippen LogP contribution in [0.3, 0.4) is 0 Å². The summed E-state index contributed by atoms with van der Waals surface area (Å²) in [6, 6.07) is 2.00. The Bertz CT molecular complexity index is 502. The maximum Gasteiger partial charge on any atom is 0.349 e. The smallest absolute Gasteiger partial charge is 0.349 e. The third-order valence-electron chi connectivity index (χ3n) is 3.94. The minimum Gasteiger partial charge on any atom is -0.459 e. The summed E-state index contributed by atoms with van der Waals surface area (Å²) < 4.78 is 15.4. The van der Waals surface area contributed by atoms with Crippen molar-refractivity contribution < 1.29 is 19.0 Å². The molecule has 0 aromatic rings. The zero-order valence-corrected chi connectivity index (χ0v) is 14.9. The molecule has 1 rings (SSSR count). The molecule has 0 saturated heterocycles. The fourth-order valence-electron chi connectivity index (χ4n) is 2.47. The molecular weight excluding hydrogens is 308 g/mol. The summed E-state index contributed by atoms with van der Waals surface area (Å²) in [5.74, 6) is -0.570. The highest BCUT2D eigenvalue weighted by molar-refractivity contribution is 5.94. The number of carbonyl (C=O) groups is 1. The molecule has 0 amide bonds. The molecule has 1 aliphatic carbocycles. The quantitative estimate of drug-likeness (QED) is 0.286. The number of nitriles is 1. The van der Waals surface area contributed by atoms with Crippen molar-refractivity contribution in [3.63, 3.8) is 0 Å². The van der Waals surface area contributed by atoms with Gasteiger partial charge in [0.2, 0.25) is 0 Å². The summed E-state index contributed by atoms with van der Waals surface area (Å²) in [6.45, 7) is 3.63. The van der Waals surface area contributed by atoms with E-state index in [2.05, 4.69) is 5.32 Å². The van der Waals surface area contributed by atoms with Crippen molar-refractivity contribution in [2.75, 3.05) is 34.0 Å². The van der Waals surface area contributed by atoms with E-state index in [0.717, 1.165) is 43.5 Å². The molecule has 24 heavy (non-hydrogen) atoms. The maximum atomic E-state index is 12.2. The average molecular weight is 336 g/mol.